The Morgan fingerprint density at radius 2 is 1.56 bits per heavy atom. The fourth-order valence-corrected chi connectivity index (χ4v) is 5.01. The van der Waals surface area contributed by atoms with Gasteiger partial charge in [-0.2, -0.15) is 0 Å². The number of nitrogens with zero attached hydrogens (tertiary/aromatic N) is 2. The predicted octanol–water partition coefficient (Wildman–Crippen LogP) is 1.99. The van der Waals surface area contributed by atoms with Crippen LogP contribution in [0.2, 0.25) is 0 Å². The van der Waals surface area contributed by atoms with Crippen molar-refractivity contribution in [3.63, 3.8) is 0 Å². The van der Waals surface area contributed by atoms with E-state index in [0.29, 0.717) is 17.9 Å². The van der Waals surface area contributed by atoms with Gasteiger partial charge >= 0.3 is 0 Å². The molecule has 2 aromatic carbocycles. The third-order valence-corrected chi connectivity index (χ3v) is 8.11. The number of nitrogens with one attached hydrogen (secondary N) is 1. The third-order valence-electron chi connectivity index (χ3n) is 5.14. The van der Waals surface area contributed by atoms with Gasteiger partial charge in [-0.05, 0) is 48.4 Å². The van der Waals surface area contributed by atoms with Crippen molar-refractivity contribution in [1.82, 2.24) is 9.62 Å². The third kappa shape index (κ3) is 6.39. The largest absolute Gasteiger partial charge is 0.493 e. The van der Waals surface area contributed by atoms with E-state index in [9.17, 15) is 21.6 Å². The van der Waals surface area contributed by atoms with Crippen LogP contribution in [-0.4, -0.2) is 68.2 Å². The van der Waals surface area contributed by atoms with Crippen LogP contribution in [0.1, 0.15) is 24.9 Å². The number of amides is 1. The van der Waals surface area contributed by atoms with Crippen LogP contribution in [0.5, 0.6) is 11.5 Å². The number of anilines is 1. The molecule has 0 aliphatic rings. The van der Waals surface area contributed by atoms with Crippen molar-refractivity contribution in [3.8, 4) is 11.5 Å². The summed E-state index contributed by atoms with van der Waals surface area (Å²) in [6.45, 7) is 1.42. The van der Waals surface area contributed by atoms with Crippen LogP contribution in [0.4, 0.5) is 5.69 Å². The molecule has 0 saturated carbocycles. The zero-order valence-electron chi connectivity index (χ0n) is 20.1. The molecule has 34 heavy (non-hydrogen) atoms. The highest BCUT2D eigenvalue weighted by Crippen LogP contribution is 2.31. The summed E-state index contributed by atoms with van der Waals surface area (Å²) in [5, 5.41) is 2.85. The minimum absolute atomic E-state index is 0.0126. The maximum atomic E-state index is 12.8. The first-order valence-corrected chi connectivity index (χ1v) is 13.7. The lowest BCUT2D eigenvalue weighted by Gasteiger charge is -2.24. The van der Waals surface area contributed by atoms with Gasteiger partial charge in [-0.1, -0.05) is 13.0 Å². The molecule has 0 saturated heterocycles. The van der Waals surface area contributed by atoms with E-state index in [1.54, 1.807) is 18.2 Å². The maximum Gasteiger partial charge on any atom is 0.242 e. The van der Waals surface area contributed by atoms with Crippen molar-refractivity contribution in [3.05, 3.63) is 48.0 Å². The van der Waals surface area contributed by atoms with Crippen molar-refractivity contribution in [2.45, 2.75) is 24.3 Å². The first-order chi connectivity index (χ1) is 15.8. The Balaban J connectivity index is 2.26. The molecule has 2 rings (SSSR count). The number of carbonyl (C=O) groups excluding carboxylic acids is 1. The zero-order valence-corrected chi connectivity index (χ0v) is 21.7. The quantitative estimate of drug-likeness (QED) is 0.488. The smallest absolute Gasteiger partial charge is 0.242 e. The second kappa shape index (κ2) is 11.1. The first-order valence-electron chi connectivity index (χ1n) is 10.4. The Morgan fingerprint density at radius 1 is 0.971 bits per heavy atom. The second-order valence-electron chi connectivity index (χ2n) is 7.69. The molecule has 0 radical (unpaired) electrons. The summed E-state index contributed by atoms with van der Waals surface area (Å²) in [5.41, 5.74) is 0.951. The van der Waals surface area contributed by atoms with Crippen LogP contribution in [0.15, 0.2) is 47.4 Å². The van der Waals surface area contributed by atoms with Gasteiger partial charge in [0.15, 0.2) is 11.5 Å². The van der Waals surface area contributed by atoms with Gasteiger partial charge in [-0.25, -0.2) is 21.1 Å². The molecule has 0 aliphatic heterocycles. The van der Waals surface area contributed by atoms with Crippen LogP contribution >= 0.6 is 0 Å². The summed E-state index contributed by atoms with van der Waals surface area (Å²) in [7, 11) is -1.66. The molecular weight excluding hydrogens is 482 g/mol. The Labute approximate surface area is 201 Å². The topological polar surface area (TPSA) is 122 Å². The van der Waals surface area contributed by atoms with Crippen molar-refractivity contribution < 1.29 is 31.1 Å². The van der Waals surface area contributed by atoms with Gasteiger partial charge in [-0.15, -0.1) is 0 Å². The summed E-state index contributed by atoms with van der Waals surface area (Å²) in [5.74, 6) is 0.547. The SMILES string of the molecule is CCC(NC(=O)CN(c1ccc(S(=O)(=O)N(C)C)cc1)S(C)(=O)=O)c1ccc(OC)c(OC)c1. The van der Waals surface area contributed by atoms with Gasteiger partial charge in [0, 0.05) is 14.1 Å². The van der Waals surface area contributed by atoms with E-state index in [2.05, 4.69) is 5.32 Å². The monoisotopic (exact) mass is 513 g/mol. The van der Waals surface area contributed by atoms with E-state index in [0.717, 1.165) is 20.4 Å². The summed E-state index contributed by atoms with van der Waals surface area (Å²) in [4.78, 5) is 12.8. The molecule has 1 unspecified atom stereocenters. The molecule has 0 aromatic heterocycles. The number of hydrogen-bond acceptors (Lipinski definition) is 7. The summed E-state index contributed by atoms with van der Waals surface area (Å²) < 4.78 is 62.0. The molecule has 12 heteroatoms. The van der Waals surface area contributed by atoms with Gasteiger partial charge < -0.3 is 14.8 Å². The van der Waals surface area contributed by atoms with E-state index in [-0.39, 0.29) is 16.6 Å². The van der Waals surface area contributed by atoms with Crippen LogP contribution in [0, 0.1) is 0 Å². The zero-order chi connectivity index (χ0) is 25.7. The Hall–Kier alpha value is -2.83. The molecule has 0 spiro atoms. The minimum Gasteiger partial charge on any atom is -0.493 e. The fraction of sp³-hybridized carbons (Fsp3) is 0.409. The van der Waals surface area contributed by atoms with E-state index >= 15 is 0 Å². The average Bonchev–Trinajstić information content (AvgIpc) is 2.79. The number of carbonyl (C=O) groups is 1. The molecule has 0 fully saturated rings. The molecule has 10 nitrogen and oxygen atoms in total. The fourth-order valence-electron chi connectivity index (χ4n) is 3.26. The second-order valence-corrected chi connectivity index (χ2v) is 11.8. The summed E-state index contributed by atoms with van der Waals surface area (Å²) in [6, 6.07) is 10.2. The predicted molar refractivity (Wildman–Crippen MR) is 130 cm³/mol. The van der Waals surface area contributed by atoms with Crippen molar-refractivity contribution in [2.24, 2.45) is 0 Å². The van der Waals surface area contributed by atoms with Gasteiger partial charge in [0.1, 0.15) is 6.54 Å². The molecule has 0 heterocycles. The lowest BCUT2D eigenvalue weighted by Crippen LogP contribution is -2.41. The number of ether oxygens (including phenoxy) is 2. The number of hydrogen-bond donors (Lipinski definition) is 1. The standard InChI is InChI=1S/C22H31N3O7S2/c1-7-19(16-8-13-20(31-4)21(14-16)32-5)23-22(26)15-25(33(6,27)28)17-9-11-18(12-10-17)34(29,30)24(2)3/h8-14,19H,7,15H2,1-6H3,(H,23,26). The number of rotatable bonds is 11. The van der Waals surface area contributed by atoms with Crippen molar-refractivity contribution in [2.75, 3.05) is 45.4 Å². The van der Waals surface area contributed by atoms with Crippen LogP contribution in [0.3, 0.4) is 0 Å². The molecule has 0 bridgehead atoms. The molecule has 188 valence electrons. The van der Waals surface area contributed by atoms with Gasteiger partial charge in [0.2, 0.25) is 26.0 Å². The van der Waals surface area contributed by atoms with Crippen LogP contribution in [0.25, 0.3) is 0 Å². The van der Waals surface area contributed by atoms with Crippen LogP contribution in [-0.2, 0) is 24.8 Å². The Kier molecular flexibility index (Phi) is 8.92. The molecule has 0 aliphatic carbocycles. The molecule has 1 atom stereocenters. The lowest BCUT2D eigenvalue weighted by molar-refractivity contribution is -0.120. The normalized spacial score (nSPS) is 12.8. The van der Waals surface area contributed by atoms with Crippen molar-refractivity contribution in [1.29, 1.82) is 0 Å². The highest BCUT2D eigenvalue weighted by atomic mass is 32.2. The first kappa shape index (κ1) is 27.4. The van der Waals surface area contributed by atoms with Crippen molar-refractivity contribution >= 4 is 31.6 Å². The average molecular weight is 514 g/mol. The molecule has 1 N–H and O–H groups in total. The van der Waals surface area contributed by atoms with Gasteiger partial charge in [-0.3, -0.25) is 9.10 Å². The Morgan fingerprint density at radius 3 is 2.03 bits per heavy atom. The summed E-state index contributed by atoms with van der Waals surface area (Å²) in [6.07, 6.45) is 1.54. The Bertz CT molecular complexity index is 1210. The van der Waals surface area contributed by atoms with Gasteiger partial charge in [0.25, 0.3) is 0 Å². The van der Waals surface area contributed by atoms with E-state index in [1.165, 1.54) is 52.6 Å². The van der Waals surface area contributed by atoms with E-state index in [1.807, 2.05) is 6.92 Å². The number of methoxy groups -OCH3 is 2. The minimum atomic E-state index is -3.83. The highest BCUT2D eigenvalue weighted by Gasteiger charge is 2.24. The van der Waals surface area contributed by atoms with E-state index in [4.69, 9.17) is 9.47 Å². The highest BCUT2D eigenvalue weighted by molar-refractivity contribution is 7.92. The summed E-state index contributed by atoms with van der Waals surface area (Å²) >= 11 is 0. The number of sulfonamides is 2. The lowest BCUT2D eigenvalue weighted by atomic mass is 10.0. The van der Waals surface area contributed by atoms with E-state index < -0.39 is 32.5 Å². The maximum absolute atomic E-state index is 12.8. The molecular formula is C22H31N3O7S2. The molecule has 1 amide bonds. The molecule has 2 aromatic rings. The number of benzene rings is 2. The van der Waals surface area contributed by atoms with Gasteiger partial charge in [0.05, 0.1) is 37.1 Å². The van der Waals surface area contributed by atoms with Crippen LogP contribution < -0.4 is 19.1 Å².